The van der Waals surface area contributed by atoms with E-state index < -0.39 is 0 Å². The number of imidazole rings is 1. The molecule has 1 aromatic heterocycles. The molecular formula is C15H13N3O. The summed E-state index contributed by atoms with van der Waals surface area (Å²) in [6.45, 7) is 0.731. The highest BCUT2D eigenvalue weighted by atomic mass is 16.1. The van der Waals surface area contributed by atoms with Crippen molar-refractivity contribution >= 4 is 23.1 Å². The van der Waals surface area contributed by atoms with Crippen molar-refractivity contribution < 1.29 is 4.79 Å². The first-order valence-electron chi connectivity index (χ1n) is 6.06. The predicted molar refractivity (Wildman–Crippen MR) is 75.0 cm³/mol. The molecule has 0 aliphatic rings. The van der Waals surface area contributed by atoms with E-state index >= 15 is 0 Å². The fourth-order valence-corrected chi connectivity index (χ4v) is 2.16. The van der Waals surface area contributed by atoms with Crippen LogP contribution in [-0.4, -0.2) is 16.0 Å². The van der Waals surface area contributed by atoms with Crippen molar-refractivity contribution in [2.75, 3.05) is 5.32 Å². The molecule has 0 aliphatic heterocycles. The first kappa shape index (κ1) is 11.5. The van der Waals surface area contributed by atoms with Gasteiger partial charge < -0.3 is 9.88 Å². The van der Waals surface area contributed by atoms with E-state index in [-0.39, 0.29) is 0 Å². The first-order valence-corrected chi connectivity index (χ1v) is 6.06. The quantitative estimate of drug-likeness (QED) is 0.725. The number of carbonyl (C=O) groups is 1. The number of carbonyl (C=O) groups excluding carboxylic acids is 1. The zero-order chi connectivity index (χ0) is 13.1. The number of nitrogens with zero attached hydrogens (tertiary/aromatic N) is 2. The number of amides is 1. The lowest BCUT2D eigenvalue weighted by Crippen LogP contribution is -1.99. The Balaban J connectivity index is 1.92. The van der Waals surface area contributed by atoms with E-state index in [1.807, 2.05) is 48.8 Å². The Kier molecular flexibility index (Phi) is 2.98. The van der Waals surface area contributed by atoms with Crippen molar-refractivity contribution in [1.82, 2.24) is 9.55 Å². The Morgan fingerprint density at radius 2 is 2.05 bits per heavy atom. The molecule has 3 rings (SSSR count). The Morgan fingerprint density at radius 3 is 2.95 bits per heavy atom. The molecule has 0 fully saturated rings. The highest BCUT2D eigenvalue weighted by molar-refractivity contribution is 5.75. The molecule has 0 saturated heterocycles. The second kappa shape index (κ2) is 4.94. The molecule has 1 amide bonds. The monoisotopic (exact) mass is 251 g/mol. The standard InChI is InChI=1S/C15H13N3O/c19-11-17-13-5-3-4-12(8-13)9-18-10-16-14-6-1-2-7-15(14)18/h1-8,10-11H,9H2,(H,17,19). The van der Waals surface area contributed by atoms with E-state index in [1.165, 1.54) is 0 Å². The number of aromatic nitrogens is 2. The summed E-state index contributed by atoms with van der Waals surface area (Å²) in [5.74, 6) is 0. The zero-order valence-electron chi connectivity index (χ0n) is 10.3. The number of benzene rings is 2. The third kappa shape index (κ3) is 2.33. The van der Waals surface area contributed by atoms with E-state index in [0.29, 0.717) is 6.41 Å². The van der Waals surface area contributed by atoms with Crippen LogP contribution in [0.4, 0.5) is 5.69 Å². The highest BCUT2D eigenvalue weighted by Crippen LogP contribution is 2.16. The van der Waals surface area contributed by atoms with Gasteiger partial charge in [0.05, 0.1) is 17.4 Å². The topological polar surface area (TPSA) is 46.9 Å². The van der Waals surface area contributed by atoms with E-state index in [0.717, 1.165) is 28.8 Å². The van der Waals surface area contributed by atoms with E-state index in [1.54, 1.807) is 0 Å². The van der Waals surface area contributed by atoms with Crippen molar-refractivity contribution in [2.45, 2.75) is 6.54 Å². The fraction of sp³-hybridized carbons (Fsp3) is 0.0667. The van der Waals surface area contributed by atoms with Gasteiger partial charge >= 0.3 is 0 Å². The molecule has 0 atom stereocenters. The molecule has 0 bridgehead atoms. The number of para-hydroxylation sites is 2. The van der Waals surface area contributed by atoms with Crippen molar-refractivity contribution in [2.24, 2.45) is 0 Å². The van der Waals surface area contributed by atoms with Crippen LogP contribution in [-0.2, 0) is 11.3 Å². The van der Waals surface area contributed by atoms with Crippen molar-refractivity contribution in [3.63, 3.8) is 0 Å². The molecule has 0 radical (unpaired) electrons. The predicted octanol–water partition coefficient (Wildman–Crippen LogP) is 2.65. The number of rotatable bonds is 4. The van der Waals surface area contributed by atoms with E-state index in [4.69, 9.17) is 0 Å². The summed E-state index contributed by atoms with van der Waals surface area (Å²) < 4.78 is 2.09. The molecular weight excluding hydrogens is 238 g/mol. The summed E-state index contributed by atoms with van der Waals surface area (Å²) in [5, 5.41) is 2.66. The second-order valence-corrected chi connectivity index (χ2v) is 4.32. The SMILES string of the molecule is O=CNc1cccc(Cn2cnc3ccccc32)c1. The van der Waals surface area contributed by atoms with Gasteiger partial charge in [-0.1, -0.05) is 24.3 Å². The van der Waals surface area contributed by atoms with Gasteiger partial charge in [-0.2, -0.15) is 0 Å². The summed E-state index contributed by atoms with van der Waals surface area (Å²) >= 11 is 0. The molecule has 1 N–H and O–H groups in total. The number of hydrogen-bond acceptors (Lipinski definition) is 2. The minimum Gasteiger partial charge on any atom is -0.329 e. The lowest BCUT2D eigenvalue weighted by Gasteiger charge is -2.06. The number of nitrogens with one attached hydrogen (secondary N) is 1. The van der Waals surface area contributed by atoms with Gasteiger partial charge in [0.1, 0.15) is 0 Å². The Morgan fingerprint density at radius 1 is 1.16 bits per heavy atom. The Labute approximate surface area is 110 Å². The Bertz CT molecular complexity index is 718. The third-order valence-corrected chi connectivity index (χ3v) is 3.03. The molecule has 94 valence electrons. The van der Waals surface area contributed by atoms with Gasteiger partial charge in [0, 0.05) is 12.2 Å². The van der Waals surface area contributed by atoms with Crippen LogP contribution in [0.2, 0.25) is 0 Å². The van der Waals surface area contributed by atoms with Gasteiger partial charge in [-0.25, -0.2) is 4.98 Å². The zero-order valence-corrected chi connectivity index (χ0v) is 10.3. The lowest BCUT2D eigenvalue weighted by molar-refractivity contribution is -0.105. The summed E-state index contributed by atoms with van der Waals surface area (Å²) in [4.78, 5) is 14.8. The molecule has 1 heterocycles. The van der Waals surface area contributed by atoms with Gasteiger partial charge in [-0.05, 0) is 29.8 Å². The number of anilines is 1. The van der Waals surface area contributed by atoms with E-state index in [9.17, 15) is 4.79 Å². The summed E-state index contributed by atoms with van der Waals surface area (Å²) in [6, 6.07) is 15.8. The maximum atomic E-state index is 10.5. The van der Waals surface area contributed by atoms with Crippen LogP contribution in [0.15, 0.2) is 54.9 Å². The maximum absolute atomic E-state index is 10.5. The maximum Gasteiger partial charge on any atom is 0.211 e. The molecule has 4 nitrogen and oxygen atoms in total. The van der Waals surface area contributed by atoms with Crippen LogP contribution < -0.4 is 5.32 Å². The van der Waals surface area contributed by atoms with Crippen molar-refractivity contribution in [1.29, 1.82) is 0 Å². The third-order valence-electron chi connectivity index (χ3n) is 3.03. The smallest absolute Gasteiger partial charge is 0.211 e. The van der Waals surface area contributed by atoms with Crippen LogP contribution in [0.5, 0.6) is 0 Å². The van der Waals surface area contributed by atoms with Crippen LogP contribution in [0.1, 0.15) is 5.56 Å². The van der Waals surface area contributed by atoms with Gasteiger partial charge in [0.15, 0.2) is 0 Å². The summed E-state index contributed by atoms with van der Waals surface area (Å²) in [6.07, 6.45) is 2.52. The van der Waals surface area contributed by atoms with Crippen molar-refractivity contribution in [3.05, 3.63) is 60.4 Å². The summed E-state index contributed by atoms with van der Waals surface area (Å²) in [5.41, 5.74) is 4.02. The van der Waals surface area contributed by atoms with Gasteiger partial charge in [0.25, 0.3) is 0 Å². The van der Waals surface area contributed by atoms with Gasteiger partial charge in [-0.15, -0.1) is 0 Å². The average molecular weight is 251 g/mol. The fourth-order valence-electron chi connectivity index (χ4n) is 2.16. The molecule has 3 aromatic rings. The van der Waals surface area contributed by atoms with Crippen LogP contribution in [0, 0.1) is 0 Å². The second-order valence-electron chi connectivity index (χ2n) is 4.32. The minimum absolute atomic E-state index is 0.686. The molecule has 0 spiro atoms. The normalized spacial score (nSPS) is 10.5. The van der Waals surface area contributed by atoms with Crippen LogP contribution in [0.3, 0.4) is 0 Å². The highest BCUT2D eigenvalue weighted by Gasteiger charge is 2.02. The lowest BCUT2D eigenvalue weighted by atomic mass is 10.2. The molecule has 0 saturated carbocycles. The van der Waals surface area contributed by atoms with Crippen LogP contribution >= 0.6 is 0 Å². The number of hydrogen-bond donors (Lipinski definition) is 1. The van der Waals surface area contributed by atoms with Crippen molar-refractivity contribution in [3.8, 4) is 0 Å². The molecule has 2 aromatic carbocycles. The average Bonchev–Trinajstić information content (AvgIpc) is 2.83. The van der Waals surface area contributed by atoms with Gasteiger partial charge in [0.2, 0.25) is 6.41 Å². The van der Waals surface area contributed by atoms with Gasteiger partial charge in [-0.3, -0.25) is 4.79 Å². The molecule has 0 aliphatic carbocycles. The molecule has 0 unspecified atom stereocenters. The molecule has 4 heteroatoms. The van der Waals surface area contributed by atoms with Crippen LogP contribution in [0.25, 0.3) is 11.0 Å². The Hall–Kier alpha value is -2.62. The summed E-state index contributed by atoms with van der Waals surface area (Å²) in [7, 11) is 0. The minimum atomic E-state index is 0.686. The first-order chi connectivity index (χ1) is 9.36. The number of fused-ring (bicyclic) bond motifs is 1. The molecule has 19 heavy (non-hydrogen) atoms. The van der Waals surface area contributed by atoms with E-state index in [2.05, 4.69) is 20.9 Å². The largest absolute Gasteiger partial charge is 0.329 e.